The highest BCUT2D eigenvalue weighted by Gasteiger charge is 2.24. The predicted molar refractivity (Wildman–Crippen MR) is 78.8 cm³/mol. The van der Waals surface area contributed by atoms with Gasteiger partial charge in [0.25, 0.3) is 0 Å². The molecule has 0 spiro atoms. The molecule has 0 aliphatic heterocycles. The molecule has 2 aliphatic rings. The molecule has 1 aromatic rings. The van der Waals surface area contributed by atoms with E-state index in [1.807, 2.05) is 0 Å². The summed E-state index contributed by atoms with van der Waals surface area (Å²) in [6, 6.07) is 4.92. The van der Waals surface area contributed by atoms with E-state index in [-0.39, 0.29) is 0 Å². The van der Waals surface area contributed by atoms with E-state index in [1.165, 1.54) is 31.2 Å². The van der Waals surface area contributed by atoms with Crippen molar-refractivity contribution in [2.24, 2.45) is 5.92 Å². The fourth-order valence-electron chi connectivity index (χ4n) is 2.05. The lowest BCUT2D eigenvalue weighted by molar-refractivity contribution is 0.278. The molecule has 0 atom stereocenters. The van der Waals surface area contributed by atoms with Gasteiger partial charge in [-0.15, -0.1) is 0 Å². The van der Waals surface area contributed by atoms with Gasteiger partial charge in [0.1, 0.15) is 0 Å². The summed E-state index contributed by atoms with van der Waals surface area (Å²) in [6.07, 6.45) is 5.20. The van der Waals surface area contributed by atoms with Crippen molar-refractivity contribution < 1.29 is 9.47 Å². The normalized spacial score (nSPS) is 18.4. The van der Waals surface area contributed by atoms with Gasteiger partial charge in [0.05, 0.1) is 18.2 Å². The Bertz CT molecular complexity index is 456. The Morgan fingerprint density at radius 1 is 1.26 bits per heavy atom. The number of ether oxygens (including phenoxy) is 2. The fraction of sp³-hybridized carbons (Fsp3) is 0.600. The quantitative estimate of drug-likeness (QED) is 0.832. The van der Waals surface area contributed by atoms with E-state index in [4.69, 9.17) is 9.47 Å². The second kappa shape index (κ2) is 5.71. The Balaban J connectivity index is 1.69. The zero-order valence-corrected chi connectivity index (χ0v) is 12.8. The zero-order valence-electron chi connectivity index (χ0n) is 11.2. The Hall–Kier alpha value is -0.740. The number of rotatable bonds is 7. The molecule has 3 rings (SSSR count). The Labute approximate surface area is 122 Å². The minimum atomic E-state index is 0.718. The summed E-state index contributed by atoms with van der Waals surface area (Å²) in [4.78, 5) is 0. The molecule has 2 fully saturated rings. The highest BCUT2D eigenvalue weighted by atomic mass is 79.9. The maximum Gasteiger partial charge on any atom is 0.175 e. The van der Waals surface area contributed by atoms with E-state index in [2.05, 4.69) is 33.4 Å². The first-order valence-corrected chi connectivity index (χ1v) is 7.78. The highest BCUT2D eigenvalue weighted by molar-refractivity contribution is 9.10. The molecule has 0 unspecified atom stereocenters. The minimum Gasteiger partial charge on any atom is -0.493 e. The summed E-state index contributed by atoms with van der Waals surface area (Å²) in [5.74, 6) is 2.40. The fourth-order valence-corrected chi connectivity index (χ4v) is 2.65. The Morgan fingerprint density at radius 3 is 2.68 bits per heavy atom. The number of halogens is 1. The van der Waals surface area contributed by atoms with Gasteiger partial charge in [-0.2, -0.15) is 0 Å². The molecule has 1 aromatic carbocycles. The summed E-state index contributed by atoms with van der Waals surface area (Å²) in [7, 11) is 1.70. The number of hydrogen-bond acceptors (Lipinski definition) is 3. The summed E-state index contributed by atoms with van der Waals surface area (Å²) >= 11 is 3.60. The van der Waals surface area contributed by atoms with Crippen LogP contribution in [0, 0.1) is 5.92 Å². The third kappa shape index (κ3) is 3.63. The topological polar surface area (TPSA) is 30.5 Å². The number of methoxy groups -OCH3 is 1. The summed E-state index contributed by atoms with van der Waals surface area (Å²) in [5.41, 5.74) is 1.23. The number of nitrogens with one attached hydrogen (secondary N) is 1. The van der Waals surface area contributed by atoms with E-state index in [1.54, 1.807) is 7.11 Å². The molecule has 0 aromatic heterocycles. The van der Waals surface area contributed by atoms with E-state index in [0.717, 1.165) is 41.1 Å². The molecular formula is C15H20BrNO2. The van der Waals surface area contributed by atoms with Gasteiger partial charge in [-0.25, -0.2) is 0 Å². The van der Waals surface area contributed by atoms with Crippen LogP contribution in [0.3, 0.4) is 0 Å². The molecule has 0 heterocycles. The Kier molecular flexibility index (Phi) is 3.99. The van der Waals surface area contributed by atoms with Gasteiger partial charge in [-0.3, -0.25) is 0 Å². The molecule has 1 N–H and O–H groups in total. The third-order valence-electron chi connectivity index (χ3n) is 3.62. The Morgan fingerprint density at radius 2 is 2.05 bits per heavy atom. The van der Waals surface area contributed by atoms with Gasteiger partial charge in [0, 0.05) is 12.6 Å². The monoisotopic (exact) mass is 325 g/mol. The van der Waals surface area contributed by atoms with E-state index in [0.29, 0.717) is 0 Å². The van der Waals surface area contributed by atoms with Gasteiger partial charge in [0.2, 0.25) is 0 Å². The van der Waals surface area contributed by atoms with Gasteiger partial charge < -0.3 is 14.8 Å². The average molecular weight is 326 g/mol. The van der Waals surface area contributed by atoms with Crippen molar-refractivity contribution in [2.45, 2.75) is 38.3 Å². The highest BCUT2D eigenvalue weighted by Crippen LogP contribution is 2.39. The summed E-state index contributed by atoms with van der Waals surface area (Å²) in [5, 5.41) is 3.51. The molecule has 0 amide bonds. The lowest BCUT2D eigenvalue weighted by Gasteiger charge is -2.14. The molecule has 0 radical (unpaired) electrons. The van der Waals surface area contributed by atoms with Gasteiger partial charge >= 0.3 is 0 Å². The van der Waals surface area contributed by atoms with Gasteiger partial charge in [-0.05, 0) is 65.2 Å². The van der Waals surface area contributed by atoms with E-state index >= 15 is 0 Å². The van der Waals surface area contributed by atoms with E-state index < -0.39 is 0 Å². The standard InChI is InChI=1S/C15H20BrNO2/c1-18-14-7-11(8-17-12-4-5-12)6-13(16)15(14)19-9-10-2-3-10/h6-7,10,12,17H,2-5,8-9H2,1H3. The molecule has 2 aliphatic carbocycles. The van der Waals surface area contributed by atoms with E-state index in [9.17, 15) is 0 Å². The molecule has 3 nitrogen and oxygen atoms in total. The third-order valence-corrected chi connectivity index (χ3v) is 4.21. The lowest BCUT2D eigenvalue weighted by Crippen LogP contribution is -2.15. The van der Waals surface area contributed by atoms with Crippen LogP contribution in [0.1, 0.15) is 31.2 Å². The molecule has 104 valence electrons. The first kappa shape index (κ1) is 13.3. The second-order valence-corrected chi connectivity index (χ2v) is 6.37. The summed E-state index contributed by atoms with van der Waals surface area (Å²) in [6.45, 7) is 1.69. The van der Waals surface area contributed by atoms with Crippen LogP contribution in [0.4, 0.5) is 0 Å². The molecular weight excluding hydrogens is 306 g/mol. The van der Waals surface area contributed by atoms with Crippen LogP contribution < -0.4 is 14.8 Å². The summed E-state index contributed by atoms with van der Waals surface area (Å²) < 4.78 is 12.3. The lowest BCUT2D eigenvalue weighted by atomic mass is 10.2. The van der Waals surface area contributed by atoms with Crippen molar-refractivity contribution in [3.63, 3.8) is 0 Å². The van der Waals surface area contributed by atoms with Crippen LogP contribution in [-0.4, -0.2) is 19.8 Å². The minimum absolute atomic E-state index is 0.718. The van der Waals surface area contributed by atoms with Crippen LogP contribution in [0.25, 0.3) is 0 Å². The van der Waals surface area contributed by atoms with Crippen molar-refractivity contribution in [3.05, 3.63) is 22.2 Å². The van der Waals surface area contributed by atoms with Crippen LogP contribution in [0.5, 0.6) is 11.5 Å². The van der Waals surface area contributed by atoms with Crippen molar-refractivity contribution in [1.82, 2.24) is 5.32 Å². The van der Waals surface area contributed by atoms with Crippen LogP contribution in [0.15, 0.2) is 16.6 Å². The van der Waals surface area contributed by atoms with Crippen LogP contribution >= 0.6 is 15.9 Å². The van der Waals surface area contributed by atoms with Gasteiger partial charge in [-0.1, -0.05) is 0 Å². The van der Waals surface area contributed by atoms with Crippen molar-refractivity contribution in [1.29, 1.82) is 0 Å². The van der Waals surface area contributed by atoms with Crippen molar-refractivity contribution in [3.8, 4) is 11.5 Å². The number of benzene rings is 1. The first-order chi connectivity index (χ1) is 9.26. The maximum atomic E-state index is 5.88. The molecule has 2 saturated carbocycles. The van der Waals surface area contributed by atoms with Crippen molar-refractivity contribution >= 4 is 15.9 Å². The largest absolute Gasteiger partial charge is 0.493 e. The first-order valence-electron chi connectivity index (χ1n) is 6.99. The number of hydrogen-bond donors (Lipinski definition) is 1. The van der Waals surface area contributed by atoms with Gasteiger partial charge in [0.15, 0.2) is 11.5 Å². The molecule has 0 saturated heterocycles. The predicted octanol–water partition coefficient (Wildman–Crippen LogP) is 3.50. The SMILES string of the molecule is COc1cc(CNC2CC2)cc(Br)c1OCC1CC1. The average Bonchev–Trinajstić information content (AvgIpc) is 3.27. The molecule has 19 heavy (non-hydrogen) atoms. The second-order valence-electron chi connectivity index (χ2n) is 5.52. The van der Waals surface area contributed by atoms with Crippen LogP contribution in [-0.2, 0) is 6.54 Å². The smallest absolute Gasteiger partial charge is 0.175 e. The maximum absolute atomic E-state index is 5.88. The zero-order chi connectivity index (χ0) is 13.2. The van der Waals surface area contributed by atoms with Crippen molar-refractivity contribution in [2.75, 3.05) is 13.7 Å². The molecule has 4 heteroatoms. The van der Waals surface area contributed by atoms with Crippen LogP contribution in [0.2, 0.25) is 0 Å². The molecule has 0 bridgehead atoms.